The lowest BCUT2D eigenvalue weighted by molar-refractivity contribution is -0.121. The summed E-state index contributed by atoms with van der Waals surface area (Å²) in [7, 11) is 0. The Morgan fingerprint density at radius 3 is 2.94 bits per heavy atom. The van der Waals surface area contributed by atoms with Crippen LogP contribution in [0.25, 0.3) is 0 Å². The number of carbonyl (C=O) groups is 1. The normalized spacial score (nSPS) is 10.3. The third-order valence-electron chi connectivity index (χ3n) is 2.59. The fraction of sp³-hybridized carbons (Fsp3) is 0.231. The van der Waals surface area contributed by atoms with E-state index in [1.165, 1.54) is 0 Å². The molecule has 18 heavy (non-hydrogen) atoms. The van der Waals surface area contributed by atoms with Crippen molar-refractivity contribution in [1.82, 2.24) is 14.9 Å². The number of imidazole rings is 1. The smallest absolute Gasteiger partial charge is 0.222 e. The molecule has 0 spiro atoms. The van der Waals surface area contributed by atoms with E-state index in [4.69, 9.17) is 0 Å². The summed E-state index contributed by atoms with van der Waals surface area (Å²) in [4.78, 5) is 15.6. The predicted molar refractivity (Wildman–Crippen MR) is 72.8 cm³/mol. The number of hydrogen-bond donors (Lipinski definition) is 1. The summed E-state index contributed by atoms with van der Waals surface area (Å²) in [6, 6.07) is 7.86. The van der Waals surface area contributed by atoms with Gasteiger partial charge in [-0.1, -0.05) is 34.1 Å². The monoisotopic (exact) mass is 307 g/mol. The minimum absolute atomic E-state index is 0.0412. The number of hydrogen-bond acceptors (Lipinski definition) is 2. The third-order valence-corrected chi connectivity index (χ3v) is 3.36. The van der Waals surface area contributed by atoms with E-state index >= 15 is 0 Å². The van der Waals surface area contributed by atoms with Gasteiger partial charge in [0.05, 0.1) is 6.33 Å². The summed E-state index contributed by atoms with van der Waals surface area (Å²) in [6.07, 6.45) is 5.72. The highest BCUT2D eigenvalue weighted by Crippen LogP contribution is 2.15. The van der Waals surface area contributed by atoms with E-state index in [2.05, 4.69) is 26.2 Å². The Balaban J connectivity index is 1.77. The van der Waals surface area contributed by atoms with Crippen LogP contribution in [-0.4, -0.2) is 15.5 Å². The van der Waals surface area contributed by atoms with Gasteiger partial charge in [-0.25, -0.2) is 4.98 Å². The van der Waals surface area contributed by atoms with Gasteiger partial charge in [-0.3, -0.25) is 4.79 Å². The van der Waals surface area contributed by atoms with Gasteiger partial charge < -0.3 is 9.88 Å². The SMILES string of the molecule is O=C(CCn1ccnc1)NCc1ccccc1Br. The number of nitrogens with zero attached hydrogens (tertiary/aromatic N) is 2. The Morgan fingerprint density at radius 1 is 1.39 bits per heavy atom. The molecule has 0 bridgehead atoms. The largest absolute Gasteiger partial charge is 0.352 e. The van der Waals surface area contributed by atoms with Crippen LogP contribution < -0.4 is 5.32 Å². The zero-order valence-electron chi connectivity index (χ0n) is 9.84. The van der Waals surface area contributed by atoms with Crippen molar-refractivity contribution in [1.29, 1.82) is 0 Å². The molecule has 0 aliphatic rings. The lowest BCUT2D eigenvalue weighted by Crippen LogP contribution is -2.23. The van der Waals surface area contributed by atoms with Gasteiger partial charge in [0.2, 0.25) is 5.91 Å². The molecule has 0 unspecified atom stereocenters. The molecule has 94 valence electrons. The summed E-state index contributed by atoms with van der Waals surface area (Å²) in [5.41, 5.74) is 1.08. The van der Waals surface area contributed by atoms with Gasteiger partial charge in [0.1, 0.15) is 0 Å². The van der Waals surface area contributed by atoms with Crippen molar-refractivity contribution >= 4 is 21.8 Å². The highest BCUT2D eigenvalue weighted by molar-refractivity contribution is 9.10. The molecule has 0 radical (unpaired) electrons. The molecule has 1 aromatic heterocycles. The van der Waals surface area contributed by atoms with Crippen molar-refractivity contribution in [2.24, 2.45) is 0 Å². The van der Waals surface area contributed by atoms with Crippen LogP contribution >= 0.6 is 15.9 Å². The molecule has 4 nitrogen and oxygen atoms in total. The molecular weight excluding hydrogens is 294 g/mol. The maximum atomic E-state index is 11.7. The second-order valence-corrected chi connectivity index (χ2v) is 4.77. The number of aromatic nitrogens is 2. The van der Waals surface area contributed by atoms with E-state index in [-0.39, 0.29) is 5.91 Å². The van der Waals surface area contributed by atoms with E-state index in [9.17, 15) is 4.79 Å². The topological polar surface area (TPSA) is 46.9 Å². The summed E-state index contributed by atoms with van der Waals surface area (Å²) in [5, 5.41) is 2.90. The molecule has 1 aromatic carbocycles. The third kappa shape index (κ3) is 3.70. The second kappa shape index (κ2) is 6.35. The average molecular weight is 308 g/mol. The van der Waals surface area contributed by atoms with Crippen LogP contribution in [0.4, 0.5) is 0 Å². The zero-order chi connectivity index (χ0) is 12.8. The van der Waals surface area contributed by atoms with Crippen LogP contribution in [0, 0.1) is 0 Å². The molecule has 1 amide bonds. The summed E-state index contributed by atoms with van der Waals surface area (Å²) < 4.78 is 2.90. The van der Waals surface area contributed by atoms with Crippen molar-refractivity contribution in [3.05, 3.63) is 53.0 Å². The van der Waals surface area contributed by atoms with Crippen molar-refractivity contribution in [3.63, 3.8) is 0 Å². The highest BCUT2D eigenvalue weighted by Gasteiger charge is 2.03. The molecule has 0 saturated carbocycles. The van der Waals surface area contributed by atoms with Crippen molar-refractivity contribution < 1.29 is 4.79 Å². The van der Waals surface area contributed by atoms with Gasteiger partial charge in [-0.2, -0.15) is 0 Å². The van der Waals surface area contributed by atoms with E-state index in [1.54, 1.807) is 12.5 Å². The Kier molecular flexibility index (Phi) is 4.52. The van der Waals surface area contributed by atoms with Crippen LogP contribution in [0.2, 0.25) is 0 Å². The number of nitrogens with one attached hydrogen (secondary N) is 1. The number of halogens is 1. The fourth-order valence-corrected chi connectivity index (χ4v) is 2.00. The molecule has 2 aromatic rings. The van der Waals surface area contributed by atoms with Crippen LogP contribution in [0.1, 0.15) is 12.0 Å². The molecule has 0 fully saturated rings. The second-order valence-electron chi connectivity index (χ2n) is 3.92. The minimum Gasteiger partial charge on any atom is -0.352 e. The van der Waals surface area contributed by atoms with Crippen molar-refractivity contribution in [2.45, 2.75) is 19.5 Å². The first-order valence-electron chi connectivity index (χ1n) is 5.71. The highest BCUT2D eigenvalue weighted by atomic mass is 79.9. The maximum Gasteiger partial charge on any atom is 0.222 e. The molecule has 1 heterocycles. The Bertz CT molecular complexity index is 511. The molecule has 1 N–H and O–H groups in total. The van der Waals surface area contributed by atoms with Crippen LogP contribution in [0.15, 0.2) is 47.5 Å². The Morgan fingerprint density at radius 2 is 2.22 bits per heavy atom. The number of rotatable bonds is 5. The van der Waals surface area contributed by atoms with Gasteiger partial charge in [0.15, 0.2) is 0 Å². The van der Waals surface area contributed by atoms with Gasteiger partial charge in [-0.15, -0.1) is 0 Å². The summed E-state index contributed by atoms with van der Waals surface area (Å²) >= 11 is 3.45. The molecule has 0 aliphatic carbocycles. The average Bonchev–Trinajstić information content (AvgIpc) is 2.88. The van der Waals surface area contributed by atoms with Crippen LogP contribution in [-0.2, 0) is 17.9 Å². The Labute approximate surface area is 114 Å². The lowest BCUT2D eigenvalue weighted by Gasteiger charge is -2.07. The molecule has 2 rings (SSSR count). The van der Waals surface area contributed by atoms with E-state index in [1.807, 2.05) is 35.0 Å². The molecule has 0 atom stereocenters. The fourth-order valence-electron chi connectivity index (χ4n) is 1.57. The predicted octanol–water partition coefficient (Wildman–Crippen LogP) is 2.35. The molecular formula is C13H14BrN3O. The van der Waals surface area contributed by atoms with Crippen molar-refractivity contribution in [3.8, 4) is 0 Å². The van der Waals surface area contributed by atoms with Gasteiger partial charge in [0.25, 0.3) is 0 Å². The first-order chi connectivity index (χ1) is 8.75. The van der Waals surface area contributed by atoms with Crippen LogP contribution in [0.3, 0.4) is 0 Å². The quantitative estimate of drug-likeness (QED) is 0.921. The van der Waals surface area contributed by atoms with Crippen LogP contribution in [0.5, 0.6) is 0 Å². The van der Waals surface area contributed by atoms with Gasteiger partial charge >= 0.3 is 0 Å². The number of benzene rings is 1. The number of aryl methyl sites for hydroxylation is 1. The van der Waals surface area contributed by atoms with E-state index < -0.39 is 0 Å². The van der Waals surface area contributed by atoms with Gasteiger partial charge in [0, 0.05) is 36.4 Å². The summed E-state index contributed by atoms with van der Waals surface area (Å²) in [6.45, 7) is 1.20. The van der Waals surface area contributed by atoms with E-state index in [0.29, 0.717) is 19.5 Å². The van der Waals surface area contributed by atoms with Gasteiger partial charge in [-0.05, 0) is 11.6 Å². The maximum absolute atomic E-state index is 11.7. The van der Waals surface area contributed by atoms with E-state index in [0.717, 1.165) is 10.0 Å². The number of amides is 1. The first kappa shape index (κ1) is 12.8. The standard InChI is InChI=1S/C13H14BrN3O/c14-12-4-2-1-3-11(12)9-16-13(18)5-7-17-8-6-15-10-17/h1-4,6,8,10H,5,7,9H2,(H,16,18). The zero-order valence-corrected chi connectivity index (χ0v) is 11.4. The number of carbonyl (C=O) groups excluding carboxylic acids is 1. The summed E-state index contributed by atoms with van der Waals surface area (Å²) in [5.74, 6) is 0.0412. The molecule has 0 aliphatic heterocycles. The molecule has 0 saturated heterocycles. The minimum atomic E-state index is 0.0412. The van der Waals surface area contributed by atoms with Crippen molar-refractivity contribution in [2.75, 3.05) is 0 Å². The lowest BCUT2D eigenvalue weighted by atomic mass is 10.2. The Hall–Kier alpha value is -1.62. The first-order valence-corrected chi connectivity index (χ1v) is 6.51. The molecule has 5 heteroatoms.